The van der Waals surface area contributed by atoms with Crippen molar-refractivity contribution in [1.82, 2.24) is 4.98 Å². The molecule has 1 aromatic rings. The zero-order chi connectivity index (χ0) is 8.32. The Labute approximate surface area is 72.3 Å². The van der Waals surface area contributed by atoms with Gasteiger partial charge in [-0.15, -0.1) is 0 Å². The van der Waals surface area contributed by atoms with E-state index in [1.54, 1.807) is 6.07 Å². The van der Waals surface area contributed by atoms with Crippen LogP contribution in [0.2, 0.25) is 0 Å². The van der Waals surface area contributed by atoms with Crippen LogP contribution in [0.3, 0.4) is 0 Å². The standard InChI is InChI=1S/C5H6N2O3S.B/c8-11(9,10)7-5-2-1-3-6-4-5;/h1-4,7H,(H,8,9,10);. The first-order chi connectivity index (χ1) is 5.08. The summed E-state index contributed by atoms with van der Waals surface area (Å²) in [5, 5.41) is 0. The highest BCUT2D eigenvalue weighted by atomic mass is 32.2. The van der Waals surface area contributed by atoms with Gasteiger partial charge in [0.05, 0.1) is 11.9 Å². The lowest BCUT2D eigenvalue weighted by Gasteiger charge is -1.98. The molecule has 3 radical (unpaired) electrons. The summed E-state index contributed by atoms with van der Waals surface area (Å²) in [4.78, 5) is 3.63. The molecule has 0 amide bonds. The molecule has 0 bridgehead atoms. The quantitative estimate of drug-likeness (QED) is 0.498. The molecule has 1 heterocycles. The maximum atomic E-state index is 10.2. The van der Waals surface area contributed by atoms with Gasteiger partial charge in [0.2, 0.25) is 0 Å². The Kier molecular flexibility index (Phi) is 3.71. The zero-order valence-corrected chi connectivity index (χ0v) is 6.82. The molecule has 1 aromatic heterocycles. The highest BCUT2D eigenvalue weighted by Crippen LogP contribution is 2.03. The van der Waals surface area contributed by atoms with E-state index >= 15 is 0 Å². The normalized spacial score (nSPS) is 10.1. The van der Waals surface area contributed by atoms with E-state index in [9.17, 15) is 8.42 Å². The van der Waals surface area contributed by atoms with Crippen molar-refractivity contribution in [2.24, 2.45) is 0 Å². The number of pyridine rings is 1. The summed E-state index contributed by atoms with van der Waals surface area (Å²) in [6.07, 6.45) is 2.78. The molecule has 63 valence electrons. The largest absolute Gasteiger partial charge is 0.357 e. The molecular weight excluding hydrogens is 179 g/mol. The average molecular weight is 185 g/mol. The second kappa shape index (κ2) is 4.08. The molecule has 0 aliphatic rings. The summed E-state index contributed by atoms with van der Waals surface area (Å²) in [7, 11) is -4.17. The van der Waals surface area contributed by atoms with Gasteiger partial charge in [-0.05, 0) is 12.1 Å². The molecule has 7 heteroatoms. The molecular formula is C5H6BN2O3S. The average Bonchev–Trinajstić information content (AvgIpc) is 1.85. The van der Waals surface area contributed by atoms with E-state index in [0.717, 1.165) is 0 Å². The Hall–Kier alpha value is -1.08. The van der Waals surface area contributed by atoms with Gasteiger partial charge >= 0.3 is 10.3 Å². The predicted molar refractivity (Wildman–Crippen MR) is 45.2 cm³/mol. The maximum Gasteiger partial charge on any atom is 0.357 e. The topological polar surface area (TPSA) is 79.3 Å². The van der Waals surface area contributed by atoms with E-state index in [1.807, 2.05) is 4.72 Å². The number of hydrogen-bond acceptors (Lipinski definition) is 3. The van der Waals surface area contributed by atoms with Crippen LogP contribution in [0.25, 0.3) is 0 Å². The Morgan fingerprint density at radius 2 is 2.17 bits per heavy atom. The van der Waals surface area contributed by atoms with Gasteiger partial charge in [-0.25, -0.2) is 0 Å². The van der Waals surface area contributed by atoms with Crippen molar-refractivity contribution in [2.45, 2.75) is 0 Å². The van der Waals surface area contributed by atoms with Gasteiger partial charge < -0.3 is 0 Å². The van der Waals surface area contributed by atoms with Gasteiger partial charge in [-0.3, -0.25) is 14.3 Å². The number of rotatable bonds is 2. The van der Waals surface area contributed by atoms with Crippen LogP contribution in [-0.4, -0.2) is 26.4 Å². The van der Waals surface area contributed by atoms with Gasteiger partial charge in [0.1, 0.15) is 0 Å². The minimum atomic E-state index is -4.17. The van der Waals surface area contributed by atoms with Crippen molar-refractivity contribution in [3.05, 3.63) is 24.5 Å². The van der Waals surface area contributed by atoms with Gasteiger partial charge in [0, 0.05) is 14.6 Å². The van der Waals surface area contributed by atoms with Crippen molar-refractivity contribution in [3.63, 3.8) is 0 Å². The minimum Gasteiger partial charge on any atom is -0.269 e. The van der Waals surface area contributed by atoms with E-state index < -0.39 is 10.3 Å². The predicted octanol–water partition coefficient (Wildman–Crippen LogP) is -0.0845. The van der Waals surface area contributed by atoms with Crippen LogP contribution in [0.15, 0.2) is 24.5 Å². The zero-order valence-electron chi connectivity index (χ0n) is 6.01. The monoisotopic (exact) mass is 185 g/mol. The van der Waals surface area contributed by atoms with Gasteiger partial charge in [-0.2, -0.15) is 8.42 Å². The lowest BCUT2D eigenvalue weighted by atomic mass is 10.4. The molecule has 0 fully saturated rings. The van der Waals surface area contributed by atoms with Crippen LogP contribution in [0.5, 0.6) is 0 Å². The molecule has 0 aliphatic heterocycles. The fourth-order valence-corrected chi connectivity index (χ4v) is 0.991. The first kappa shape index (κ1) is 10.9. The fraction of sp³-hybridized carbons (Fsp3) is 0. The lowest BCUT2D eigenvalue weighted by molar-refractivity contribution is 0.489. The first-order valence-electron chi connectivity index (χ1n) is 2.73. The Morgan fingerprint density at radius 1 is 1.50 bits per heavy atom. The molecule has 0 atom stereocenters. The van der Waals surface area contributed by atoms with Crippen molar-refractivity contribution >= 4 is 24.4 Å². The number of nitrogens with zero attached hydrogens (tertiary/aromatic N) is 1. The van der Waals surface area contributed by atoms with E-state index in [4.69, 9.17) is 4.55 Å². The highest BCUT2D eigenvalue weighted by Gasteiger charge is 2.01. The lowest BCUT2D eigenvalue weighted by Crippen LogP contribution is -2.10. The molecule has 0 aliphatic carbocycles. The van der Waals surface area contributed by atoms with E-state index in [-0.39, 0.29) is 14.1 Å². The van der Waals surface area contributed by atoms with E-state index in [1.165, 1.54) is 18.5 Å². The first-order valence-corrected chi connectivity index (χ1v) is 4.17. The van der Waals surface area contributed by atoms with Crippen molar-refractivity contribution in [2.75, 3.05) is 4.72 Å². The molecule has 0 saturated carbocycles. The molecule has 1 rings (SSSR count). The van der Waals surface area contributed by atoms with Gasteiger partial charge in [-0.1, -0.05) is 0 Å². The van der Waals surface area contributed by atoms with Crippen molar-refractivity contribution < 1.29 is 13.0 Å². The summed E-state index contributed by atoms with van der Waals surface area (Å²) in [6, 6.07) is 3.02. The number of aromatic nitrogens is 1. The molecule has 0 unspecified atom stereocenters. The molecule has 2 N–H and O–H groups in total. The summed E-state index contributed by atoms with van der Waals surface area (Å²) in [5.74, 6) is 0. The molecule has 12 heavy (non-hydrogen) atoms. The maximum absolute atomic E-state index is 10.2. The number of anilines is 1. The van der Waals surface area contributed by atoms with Crippen LogP contribution in [-0.2, 0) is 10.3 Å². The minimum absolute atomic E-state index is 0. The van der Waals surface area contributed by atoms with Crippen LogP contribution in [0.1, 0.15) is 0 Å². The number of hydrogen-bond donors (Lipinski definition) is 2. The molecule has 0 spiro atoms. The summed E-state index contributed by atoms with van der Waals surface area (Å²) in [5.41, 5.74) is 0.231. The highest BCUT2D eigenvalue weighted by molar-refractivity contribution is 7.87. The summed E-state index contributed by atoms with van der Waals surface area (Å²) >= 11 is 0. The summed E-state index contributed by atoms with van der Waals surface area (Å²) < 4.78 is 30.6. The van der Waals surface area contributed by atoms with Gasteiger partial charge in [0.25, 0.3) is 0 Å². The fourth-order valence-electron chi connectivity index (χ4n) is 0.572. The number of nitrogens with one attached hydrogen (secondary N) is 1. The molecule has 0 saturated heterocycles. The smallest absolute Gasteiger partial charge is 0.269 e. The molecule has 5 nitrogen and oxygen atoms in total. The van der Waals surface area contributed by atoms with Crippen LogP contribution < -0.4 is 4.72 Å². The van der Waals surface area contributed by atoms with Gasteiger partial charge in [0.15, 0.2) is 0 Å². The second-order valence-corrected chi connectivity index (χ2v) is 2.97. The third-order valence-electron chi connectivity index (χ3n) is 0.908. The van der Waals surface area contributed by atoms with E-state index in [2.05, 4.69) is 4.98 Å². The Bertz CT molecular complexity index is 326. The van der Waals surface area contributed by atoms with Crippen LogP contribution in [0.4, 0.5) is 5.69 Å². The Morgan fingerprint density at radius 3 is 2.58 bits per heavy atom. The van der Waals surface area contributed by atoms with Crippen molar-refractivity contribution in [1.29, 1.82) is 0 Å². The Balaban J connectivity index is 0.00000121. The second-order valence-electron chi connectivity index (χ2n) is 1.82. The third kappa shape index (κ3) is 3.94. The summed E-state index contributed by atoms with van der Waals surface area (Å²) in [6.45, 7) is 0. The van der Waals surface area contributed by atoms with Crippen LogP contribution >= 0.6 is 0 Å². The van der Waals surface area contributed by atoms with Crippen molar-refractivity contribution in [3.8, 4) is 0 Å². The third-order valence-corrected chi connectivity index (χ3v) is 1.40. The SMILES string of the molecule is O=S(=O)(O)Nc1cccnc1.[B]. The van der Waals surface area contributed by atoms with E-state index in [0.29, 0.717) is 0 Å². The molecule has 0 aromatic carbocycles. The van der Waals surface area contributed by atoms with Crippen LogP contribution in [0, 0.1) is 0 Å².